The number of nitro groups is 1. The van der Waals surface area contributed by atoms with E-state index in [1.54, 1.807) is 36.4 Å². The number of sulfonamides is 1. The van der Waals surface area contributed by atoms with Gasteiger partial charge >= 0.3 is 0 Å². The Kier molecular flexibility index (Phi) is 7.79. The Labute approximate surface area is 196 Å². The lowest BCUT2D eigenvalue weighted by Crippen LogP contribution is -2.18. The van der Waals surface area contributed by atoms with Crippen LogP contribution in [0.15, 0.2) is 77.7 Å². The molecule has 0 spiro atoms. The molecule has 2 N–H and O–H groups in total. The largest absolute Gasteiger partial charge is 0.493 e. The number of nitrogens with zero attached hydrogens (tertiary/aromatic N) is 2. The van der Waals surface area contributed by atoms with Crippen LogP contribution >= 0.6 is 0 Å². The summed E-state index contributed by atoms with van der Waals surface area (Å²) in [4.78, 5) is 22.9. The van der Waals surface area contributed by atoms with Gasteiger partial charge in [0.25, 0.3) is 21.6 Å². The van der Waals surface area contributed by atoms with Crippen LogP contribution in [0.1, 0.15) is 23.2 Å². The Morgan fingerprint density at radius 3 is 2.59 bits per heavy atom. The smallest absolute Gasteiger partial charge is 0.270 e. The fourth-order valence-corrected chi connectivity index (χ4v) is 4.06. The van der Waals surface area contributed by atoms with Gasteiger partial charge in [0.2, 0.25) is 0 Å². The van der Waals surface area contributed by atoms with Crippen LogP contribution in [0.4, 0.5) is 17.1 Å². The number of hydrogen-bond donors (Lipinski definition) is 2. The van der Waals surface area contributed by atoms with Crippen LogP contribution in [0.2, 0.25) is 0 Å². The van der Waals surface area contributed by atoms with Crippen LogP contribution in [0, 0.1) is 21.4 Å². The van der Waals surface area contributed by atoms with E-state index in [-0.39, 0.29) is 21.8 Å². The van der Waals surface area contributed by atoms with Gasteiger partial charge in [-0.15, -0.1) is 0 Å². The van der Waals surface area contributed by atoms with E-state index >= 15 is 0 Å². The number of carbonyl (C=O) groups is 1. The molecule has 0 fully saturated rings. The highest BCUT2D eigenvalue weighted by Crippen LogP contribution is 2.24. The maximum absolute atomic E-state index is 12.9. The van der Waals surface area contributed by atoms with Crippen molar-refractivity contribution in [3.63, 3.8) is 0 Å². The molecule has 0 heterocycles. The second-order valence-electron chi connectivity index (χ2n) is 7.00. The number of nitrogens with one attached hydrogen (secondary N) is 2. The molecule has 3 aromatic rings. The van der Waals surface area contributed by atoms with Gasteiger partial charge in [0.1, 0.15) is 5.75 Å². The average Bonchev–Trinajstić information content (AvgIpc) is 2.82. The molecular weight excluding hydrogens is 460 g/mol. The molecule has 0 saturated carbocycles. The minimum absolute atomic E-state index is 0.00964. The van der Waals surface area contributed by atoms with Crippen LogP contribution in [0.25, 0.3) is 0 Å². The van der Waals surface area contributed by atoms with E-state index in [9.17, 15) is 23.3 Å². The van der Waals surface area contributed by atoms with E-state index in [0.29, 0.717) is 30.9 Å². The number of non-ortho nitro benzene ring substituents is 1. The normalized spacial score (nSPS) is 10.7. The van der Waals surface area contributed by atoms with Crippen molar-refractivity contribution < 1.29 is 22.9 Å². The first-order valence-electron chi connectivity index (χ1n) is 10.1. The number of amides is 1. The predicted molar refractivity (Wildman–Crippen MR) is 125 cm³/mol. The molecule has 34 heavy (non-hydrogen) atoms. The maximum atomic E-state index is 12.9. The topological polar surface area (TPSA) is 151 Å². The monoisotopic (exact) mass is 480 g/mol. The number of nitro benzene ring substituents is 1. The predicted octanol–water partition coefficient (Wildman–Crippen LogP) is 4.33. The van der Waals surface area contributed by atoms with Crippen LogP contribution in [0.3, 0.4) is 0 Å². The summed E-state index contributed by atoms with van der Waals surface area (Å²) in [6.07, 6.45) is 0.949. The summed E-state index contributed by atoms with van der Waals surface area (Å²) in [6, 6.07) is 19.3. The van der Waals surface area contributed by atoms with Crippen LogP contribution < -0.4 is 14.8 Å². The third kappa shape index (κ3) is 6.30. The van der Waals surface area contributed by atoms with Crippen LogP contribution in [0.5, 0.6) is 5.75 Å². The summed E-state index contributed by atoms with van der Waals surface area (Å²) in [5, 5.41) is 22.3. The number of rotatable bonds is 10. The fraction of sp³-hybridized carbons (Fsp3) is 0.130. The minimum Gasteiger partial charge on any atom is -0.493 e. The summed E-state index contributed by atoms with van der Waals surface area (Å²) >= 11 is 0. The van der Waals surface area contributed by atoms with Gasteiger partial charge < -0.3 is 10.1 Å². The van der Waals surface area contributed by atoms with E-state index in [1.165, 1.54) is 30.3 Å². The summed E-state index contributed by atoms with van der Waals surface area (Å²) < 4.78 is 33.5. The molecular formula is C23H20N4O6S. The molecule has 0 bridgehead atoms. The molecule has 0 aliphatic heterocycles. The Balaban J connectivity index is 1.78. The van der Waals surface area contributed by atoms with Gasteiger partial charge in [0, 0.05) is 30.3 Å². The lowest BCUT2D eigenvalue weighted by molar-refractivity contribution is -0.385. The molecule has 3 aromatic carbocycles. The molecule has 3 rings (SSSR count). The van der Waals surface area contributed by atoms with Crippen molar-refractivity contribution in [2.75, 3.05) is 16.6 Å². The van der Waals surface area contributed by atoms with Gasteiger partial charge in [0.15, 0.2) is 0 Å². The highest BCUT2D eigenvalue weighted by Gasteiger charge is 2.21. The summed E-state index contributed by atoms with van der Waals surface area (Å²) in [7, 11) is -4.20. The Morgan fingerprint density at radius 1 is 1.06 bits per heavy atom. The van der Waals surface area contributed by atoms with Gasteiger partial charge in [-0.1, -0.05) is 24.3 Å². The van der Waals surface area contributed by atoms with Gasteiger partial charge in [-0.2, -0.15) is 5.26 Å². The molecule has 0 aliphatic rings. The second kappa shape index (κ2) is 10.9. The first-order chi connectivity index (χ1) is 16.3. The summed E-state index contributed by atoms with van der Waals surface area (Å²) in [5.74, 6) is -0.0608. The average molecular weight is 481 g/mol. The summed E-state index contributed by atoms with van der Waals surface area (Å²) in [6.45, 7) is 0.354. The van der Waals surface area contributed by atoms with E-state index < -0.39 is 20.9 Å². The highest BCUT2D eigenvalue weighted by molar-refractivity contribution is 7.92. The molecule has 0 radical (unpaired) electrons. The zero-order valence-corrected chi connectivity index (χ0v) is 18.6. The van der Waals surface area contributed by atoms with Crippen molar-refractivity contribution in [1.82, 2.24) is 0 Å². The van der Waals surface area contributed by atoms with Crippen molar-refractivity contribution in [3.05, 3.63) is 88.5 Å². The molecule has 174 valence electrons. The number of hydrogen-bond acceptors (Lipinski definition) is 7. The zero-order chi connectivity index (χ0) is 24.6. The lowest BCUT2D eigenvalue weighted by Gasteiger charge is -2.13. The number of anilines is 2. The van der Waals surface area contributed by atoms with Crippen molar-refractivity contribution >= 4 is 33.0 Å². The van der Waals surface area contributed by atoms with Crippen molar-refractivity contribution in [2.45, 2.75) is 17.7 Å². The standard InChI is InChI=1S/C23H20N4O6S/c24-13-3-4-14-33-19-9-5-7-17(15-19)25-23(28)21-11-1-2-12-22(21)26-34(31,32)20-10-6-8-18(16-20)27(29)30/h1-2,5-12,15-16,26H,3-4,14H2,(H,25,28). The van der Waals surface area contributed by atoms with Gasteiger partial charge in [-0.25, -0.2) is 8.42 Å². The molecule has 0 unspecified atom stereocenters. The van der Waals surface area contributed by atoms with Crippen molar-refractivity contribution in [3.8, 4) is 11.8 Å². The van der Waals surface area contributed by atoms with Crippen molar-refractivity contribution in [2.24, 2.45) is 0 Å². The number of benzene rings is 3. The summed E-state index contributed by atoms with van der Waals surface area (Å²) in [5.41, 5.74) is 0.120. The van der Waals surface area contributed by atoms with E-state index in [1.807, 2.05) is 6.07 Å². The van der Waals surface area contributed by atoms with Gasteiger partial charge in [-0.05, 0) is 36.8 Å². The van der Waals surface area contributed by atoms with Crippen LogP contribution in [-0.2, 0) is 10.0 Å². The first-order valence-corrected chi connectivity index (χ1v) is 11.6. The van der Waals surface area contributed by atoms with E-state index in [2.05, 4.69) is 10.0 Å². The van der Waals surface area contributed by atoms with E-state index in [4.69, 9.17) is 10.00 Å². The molecule has 0 saturated heterocycles. The van der Waals surface area contributed by atoms with Crippen molar-refractivity contribution in [1.29, 1.82) is 5.26 Å². The van der Waals surface area contributed by atoms with E-state index in [0.717, 1.165) is 6.07 Å². The number of ether oxygens (including phenoxy) is 1. The molecule has 0 aliphatic carbocycles. The fourth-order valence-electron chi connectivity index (χ4n) is 2.94. The third-order valence-electron chi connectivity index (χ3n) is 4.55. The Bertz CT molecular complexity index is 1350. The quantitative estimate of drug-likeness (QED) is 0.249. The Morgan fingerprint density at radius 2 is 1.82 bits per heavy atom. The second-order valence-corrected chi connectivity index (χ2v) is 8.68. The molecule has 1 amide bonds. The number of para-hydroxylation sites is 1. The lowest BCUT2D eigenvalue weighted by atomic mass is 10.1. The van der Waals surface area contributed by atoms with Gasteiger partial charge in [0.05, 0.1) is 33.7 Å². The number of carbonyl (C=O) groups excluding carboxylic acids is 1. The van der Waals surface area contributed by atoms with Gasteiger partial charge in [-0.3, -0.25) is 19.6 Å². The maximum Gasteiger partial charge on any atom is 0.270 e. The minimum atomic E-state index is -4.20. The molecule has 0 atom stereocenters. The number of unbranched alkanes of at least 4 members (excludes halogenated alkanes) is 1. The zero-order valence-electron chi connectivity index (χ0n) is 17.8. The third-order valence-corrected chi connectivity index (χ3v) is 5.91. The SMILES string of the molecule is N#CCCCOc1cccc(NC(=O)c2ccccc2NS(=O)(=O)c2cccc([N+](=O)[O-])c2)c1. The first kappa shape index (κ1) is 24.2. The number of nitriles is 1. The Hall–Kier alpha value is -4.43. The molecule has 0 aromatic heterocycles. The highest BCUT2D eigenvalue weighted by atomic mass is 32.2. The van der Waals surface area contributed by atoms with Crippen LogP contribution in [-0.4, -0.2) is 25.9 Å². The molecule has 11 heteroatoms. The molecule has 10 nitrogen and oxygen atoms in total.